The number of rotatable bonds is 1. The summed E-state index contributed by atoms with van der Waals surface area (Å²) in [5, 5.41) is 1.42. The van der Waals surface area contributed by atoms with E-state index in [2.05, 4.69) is 31.8 Å². The Labute approximate surface area is 92.2 Å². The van der Waals surface area contributed by atoms with E-state index in [1.54, 1.807) is 0 Å². The summed E-state index contributed by atoms with van der Waals surface area (Å²) in [4.78, 5) is 0. The summed E-state index contributed by atoms with van der Waals surface area (Å²) in [6.07, 6.45) is 0.969. The van der Waals surface area contributed by atoms with E-state index in [-0.39, 0.29) is 0 Å². The maximum absolute atomic E-state index is 5.68. The number of benzene rings is 1. The third-order valence-corrected chi connectivity index (χ3v) is 4.66. The van der Waals surface area contributed by atoms with Gasteiger partial charge in [-0.3, -0.25) is 0 Å². The monoisotopic (exact) mass is 222 g/mol. The molecule has 82 valence electrons. The molecule has 1 heterocycles. The molecule has 0 spiro atoms. The Hall–Kier alpha value is -0.963. The minimum absolute atomic E-state index is 0.763. The lowest BCUT2D eigenvalue weighted by atomic mass is 10.3. The summed E-state index contributed by atoms with van der Waals surface area (Å²) in [6, 6.07) is 6.39. The van der Waals surface area contributed by atoms with Gasteiger partial charge in [0.1, 0.15) is 0 Å². The highest BCUT2D eigenvalue weighted by Crippen LogP contribution is 2.28. The van der Waals surface area contributed by atoms with E-state index >= 15 is 0 Å². The van der Waals surface area contributed by atoms with Crippen LogP contribution in [0.15, 0.2) is 18.2 Å². The molecule has 0 saturated heterocycles. The highest BCUT2D eigenvalue weighted by Gasteiger charge is 2.19. The average Bonchev–Trinajstić information content (AvgIpc) is 2.39. The molecule has 0 saturated carbocycles. The van der Waals surface area contributed by atoms with Crippen LogP contribution in [0, 0.1) is 0 Å². The molecule has 0 amide bonds. The maximum atomic E-state index is 5.68. The number of hydrogen-bond acceptors (Lipinski definition) is 2. The molecule has 0 aliphatic carbocycles. The van der Waals surface area contributed by atoms with Crippen LogP contribution < -0.4 is 14.7 Å². The van der Waals surface area contributed by atoms with Crippen LogP contribution >= 0.6 is 0 Å². The summed E-state index contributed by atoms with van der Waals surface area (Å²) < 4.78 is 11.3. The molecular weight excluding hydrogens is 204 g/mol. The zero-order valence-electron chi connectivity index (χ0n) is 9.67. The molecule has 0 N–H and O–H groups in total. The fourth-order valence-corrected chi connectivity index (χ4v) is 2.78. The van der Waals surface area contributed by atoms with Gasteiger partial charge in [-0.2, -0.15) is 0 Å². The summed E-state index contributed by atoms with van der Waals surface area (Å²) in [5.41, 5.74) is 0. The van der Waals surface area contributed by atoms with E-state index in [9.17, 15) is 0 Å². The Morgan fingerprint density at radius 3 is 2.33 bits per heavy atom. The third-order valence-electron chi connectivity index (χ3n) is 2.61. The average molecular weight is 222 g/mol. The maximum Gasteiger partial charge on any atom is 0.161 e. The van der Waals surface area contributed by atoms with Gasteiger partial charge in [-0.05, 0) is 12.1 Å². The molecule has 1 aromatic rings. The summed E-state index contributed by atoms with van der Waals surface area (Å²) >= 11 is 0. The molecule has 1 aliphatic heterocycles. The minimum atomic E-state index is -1.24. The van der Waals surface area contributed by atoms with E-state index in [1.165, 1.54) is 5.19 Å². The lowest BCUT2D eigenvalue weighted by Gasteiger charge is -2.18. The molecule has 15 heavy (non-hydrogen) atoms. The second kappa shape index (κ2) is 3.89. The van der Waals surface area contributed by atoms with Crippen molar-refractivity contribution in [3.05, 3.63) is 18.2 Å². The lowest BCUT2D eigenvalue weighted by Crippen LogP contribution is -2.37. The first-order chi connectivity index (χ1) is 7.07. The molecule has 0 radical (unpaired) electrons. The summed E-state index contributed by atoms with van der Waals surface area (Å²) in [6.45, 7) is 8.55. The molecule has 3 heteroatoms. The normalized spacial score (nSPS) is 15.9. The Morgan fingerprint density at radius 1 is 1.00 bits per heavy atom. The Balaban J connectivity index is 2.36. The summed E-state index contributed by atoms with van der Waals surface area (Å²) in [5.74, 6) is 1.82. The van der Waals surface area contributed by atoms with Crippen LogP contribution in [0.25, 0.3) is 0 Å². The fraction of sp³-hybridized carbons (Fsp3) is 0.500. The quantitative estimate of drug-likeness (QED) is 0.679. The zero-order chi connectivity index (χ0) is 10.9. The van der Waals surface area contributed by atoms with Crippen molar-refractivity contribution in [2.24, 2.45) is 0 Å². The summed E-state index contributed by atoms with van der Waals surface area (Å²) in [7, 11) is -1.24. The smallest absolute Gasteiger partial charge is 0.161 e. The molecular formula is C12H18O2Si. The van der Waals surface area contributed by atoms with Gasteiger partial charge in [0.25, 0.3) is 0 Å². The number of hydrogen-bond donors (Lipinski definition) is 0. The van der Waals surface area contributed by atoms with Crippen LogP contribution in [0.3, 0.4) is 0 Å². The molecule has 0 unspecified atom stereocenters. The minimum Gasteiger partial charge on any atom is -0.490 e. The van der Waals surface area contributed by atoms with E-state index in [4.69, 9.17) is 9.47 Å². The predicted molar refractivity (Wildman–Crippen MR) is 65.0 cm³/mol. The van der Waals surface area contributed by atoms with Crippen molar-refractivity contribution in [3.63, 3.8) is 0 Å². The molecule has 0 bridgehead atoms. The van der Waals surface area contributed by atoms with Crippen molar-refractivity contribution in [1.82, 2.24) is 0 Å². The van der Waals surface area contributed by atoms with E-state index < -0.39 is 8.07 Å². The predicted octanol–water partition coefficient (Wildman–Crippen LogP) is 2.39. The van der Waals surface area contributed by atoms with Crippen molar-refractivity contribution in [2.45, 2.75) is 26.1 Å². The standard InChI is InChI=1S/C12H18O2Si/c1-15(2,3)10-5-6-11-12(9-10)14-8-4-7-13-11/h5-6,9H,4,7-8H2,1-3H3. The second-order valence-corrected chi connectivity index (χ2v) is 10.0. The van der Waals surface area contributed by atoms with Crippen LogP contribution in [0.2, 0.25) is 19.6 Å². The van der Waals surface area contributed by atoms with Gasteiger partial charge < -0.3 is 9.47 Å². The largest absolute Gasteiger partial charge is 0.490 e. The van der Waals surface area contributed by atoms with E-state index in [0.717, 1.165) is 31.1 Å². The lowest BCUT2D eigenvalue weighted by molar-refractivity contribution is 0.297. The van der Waals surface area contributed by atoms with Crippen LogP contribution in [-0.2, 0) is 0 Å². The van der Waals surface area contributed by atoms with Crippen molar-refractivity contribution in [3.8, 4) is 11.5 Å². The fourth-order valence-electron chi connectivity index (χ4n) is 1.63. The Morgan fingerprint density at radius 2 is 1.67 bits per heavy atom. The molecule has 0 aromatic heterocycles. The highest BCUT2D eigenvalue weighted by atomic mass is 28.3. The van der Waals surface area contributed by atoms with Crippen molar-refractivity contribution in [2.75, 3.05) is 13.2 Å². The topological polar surface area (TPSA) is 18.5 Å². The molecule has 1 aliphatic rings. The van der Waals surface area contributed by atoms with Crippen molar-refractivity contribution in [1.29, 1.82) is 0 Å². The molecule has 1 aromatic carbocycles. The SMILES string of the molecule is C[Si](C)(C)c1ccc2c(c1)OCCCO2. The van der Waals surface area contributed by atoms with Crippen molar-refractivity contribution < 1.29 is 9.47 Å². The first kappa shape index (κ1) is 10.6. The second-order valence-electron chi connectivity index (χ2n) is 4.96. The van der Waals surface area contributed by atoms with E-state index in [1.807, 2.05) is 6.07 Å². The number of fused-ring (bicyclic) bond motifs is 1. The highest BCUT2D eigenvalue weighted by molar-refractivity contribution is 6.88. The van der Waals surface area contributed by atoms with Gasteiger partial charge in [-0.1, -0.05) is 30.9 Å². The van der Waals surface area contributed by atoms with Crippen LogP contribution in [-0.4, -0.2) is 21.3 Å². The Bertz CT molecular complexity index is 355. The molecule has 0 atom stereocenters. The first-order valence-electron chi connectivity index (χ1n) is 5.47. The van der Waals surface area contributed by atoms with Gasteiger partial charge >= 0.3 is 0 Å². The van der Waals surface area contributed by atoms with Crippen molar-refractivity contribution >= 4 is 13.3 Å². The first-order valence-corrected chi connectivity index (χ1v) is 8.97. The van der Waals surface area contributed by atoms with Crippen LogP contribution in [0.1, 0.15) is 6.42 Å². The van der Waals surface area contributed by atoms with Gasteiger partial charge in [0, 0.05) is 6.42 Å². The van der Waals surface area contributed by atoms with Crippen LogP contribution in [0.5, 0.6) is 11.5 Å². The Kier molecular flexibility index (Phi) is 2.74. The van der Waals surface area contributed by atoms with Gasteiger partial charge in [0.2, 0.25) is 0 Å². The zero-order valence-corrected chi connectivity index (χ0v) is 10.7. The van der Waals surface area contributed by atoms with Gasteiger partial charge in [-0.15, -0.1) is 0 Å². The van der Waals surface area contributed by atoms with Gasteiger partial charge in [-0.25, -0.2) is 0 Å². The molecule has 2 nitrogen and oxygen atoms in total. The molecule has 0 fully saturated rings. The van der Waals surface area contributed by atoms with Gasteiger partial charge in [0.05, 0.1) is 21.3 Å². The van der Waals surface area contributed by atoms with Gasteiger partial charge in [0.15, 0.2) is 11.5 Å². The number of ether oxygens (including phenoxy) is 2. The molecule has 2 rings (SSSR count). The van der Waals surface area contributed by atoms with E-state index in [0.29, 0.717) is 0 Å². The van der Waals surface area contributed by atoms with Crippen LogP contribution in [0.4, 0.5) is 0 Å². The third kappa shape index (κ3) is 2.34.